The van der Waals surface area contributed by atoms with Crippen molar-refractivity contribution in [2.24, 2.45) is 16.7 Å². The van der Waals surface area contributed by atoms with Crippen LogP contribution < -0.4 is 21.2 Å². The summed E-state index contributed by atoms with van der Waals surface area (Å²) in [6.45, 7) is 5.48. The molecule has 3 aromatic rings. The number of anilines is 1. The molecule has 0 radical (unpaired) electrons. The summed E-state index contributed by atoms with van der Waals surface area (Å²) >= 11 is 0. The number of methoxy groups -OCH3 is 1. The van der Waals surface area contributed by atoms with E-state index >= 15 is 0 Å². The van der Waals surface area contributed by atoms with Crippen LogP contribution in [0.3, 0.4) is 0 Å². The number of hydrazine groups is 1. The molecule has 1 aliphatic heterocycles. The summed E-state index contributed by atoms with van der Waals surface area (Å²) < 4.78 is 19.2. The molecule has 0 aliphatic carbocycles. The predicted octanol–water partition coefficient (Wildman–Crippen LogP) is 4.64. The van der Waals surface area contributed by atoms with Gasteiger partial charge in [0, 0.05) is 12.2 Å². The Morgan fingerprint density at radius 2 is 1.86 bits per heavy atom. The third kappa shape index (κ3) is 5.00. The molecule has 35 heavy (non-hydrogen) atoms. The first-order valence-corrected chi connectivity index (χ1v) is 11.7. The fourth-order valence-corrected chi connectivity index (χ4v) is 4.65. The van der Waals surface area contributed by atoms with E-state index in [2.05, 4.69) is 53.3 Å². The molecule has 3 aromatic carbocycles. The van der Waals surface area contributed by atoms with Gasteiger partial charge in [0.25, 0.3) is 0 Å². The van der Waals surface area contributed by atoms with Crippen molar-refractivity contribution in [2.75, 3.05) is 25.1 Å². The summed E-state index contributed by atoms with van der Waals surface area (Å²) in [5.74, 6) is 6.63. The monoisotopic (exact) mass is 473 g/mol. The minimum Gasteiger partial charge on any atom is -0.497 e. The lowest BCUT2D eigenvalue weighted by Gasteiger charge is -2.48. The number of ether oxygens (including phenoxy) is 1. The Hall–Kier alpha value is -3.84. The third-order valence-corrected chi connectivity index (χ3v) is 6.61. The number of nitrogens with zero attached hydrogens (tertiary/aromatic N) is 3. The molecule has 1 aliphatic rings. The highest BCUT2D eigenvalue weighted by Crippen LogP contribution is 2.44. The zero-order valence-electron chi connectivity index (χ0n) is 20.4. The molecule has 0 saturated heterocycles. The van der Waals surface area contributed by atoms with E-state index in [1.54, 1.807) is 13.2 Å². The highest BCUT2D eigenvalue weighted by molar-refractivity contribution is 5.94. The number of hydrogen-bond donors (Lipinski definition) is 2. The lowest BCUT2D eigenvalue weighted by atomic mass is 9.76. The van der Waals surface area contributed by atoms with Crippen LogP contribution in [0.5, 0.6) is 5.75 Å². The quantitative estimate of drug-likeness (QED) is 0.226. The van der Waals surface area contributed by atoms with Crippen molar-refractivity contribution in [3.05, 3.63) is 101 Å². The molecular formula is C28H32FN5O. The second-order valence-electron chi connectivity index (χ2n) is 8.71. The zero-order valence-corrected chi connectivity index (χ0v) is 20.4. The summed E-state index contributed by atoms with van der Waals surface area (Å²) in [5, 5.41) is 5.37. The van der Waals surface area contributed by atoms with Crippen molar-refractivity contribution >= 4 is 17.6 Å². The van der Waals surface area contributed by atoms with Gasteiger partial charge in [0.1, 0.15) is 17.4 Å². The highest BCUT2D eigenvalue weighted by atomic mass is 19.1. The maximum atomic E-state index is 13.7. The Morgan fingerprint density at radius 1 is 1.14 bits per heavy atom. The van der Waals surface area contributed by atoms with Gasteiger partial charge in [0.2, 0.25) is 0 Å². The minimum absolute atomic E-state index is 0.242. The smallest absolute Gasteiger partial charge is 0.145 e. The molecule has 0 saturated carbocycles. The van der Waals surface area contributed by atoms with E-state index in [4.69, 9.17) is 16.3 Å². The fraction of sp³-hybridized carbons (Fsp3) is 0.250. The summed E-state index contributed by atoms with van der Waals surface area (Å²) in [7, 11) is 1.69. The topological polar surface area (TPSA) is 80.1 Å². The Morgan fingerprint density at radius 3 is 2.51 bits per heavy atom. The van der Waals surface area contributed by atoms with Crippen LogP contribution in [-0.4, -0.2) is 31.2 Å². The van der Waals surface area contributed by atoms with Crippen LogP contribution in [0.4, 0.5) is 10.1 Å². The maximum Gasteiger partial charge on any atom is 0.145 e. The molecule has 0 aromatic heterocycles. The van der Waals surface area contributed by atoms with E-state index in [-0.39, 0.29) is 5.82 Å². The van der Waals surface area contributed by atoms with Gasteiger partial charge in [-0.1, -0.05) is 36.4 Å². The Bertz CT molecular complexity index is 1220. The number of hydrogen-bond acceptors (Lipinski definition) is 5. The van der Waals surface area contributed by atoms with Crippen molar-refractivity contribution < 1.29 is 9.13 Å². The Balaban J connectivity index is 1.73. The maximum absolute atomic E-state index is 13.7. The standard InChI is InChI=1S/C28H32FN5O/c1-4-34(31)32-27(30)16-7-20-5-8-22(9-6-20)28(2)26-15-14-25(35-3)19-21(26)17-18-33(28)24-12-10-23(29)11-13-24/h5-16,19H,4,17-18,31H2,1-3H3,(H2,30,32)/b16-7+. The number of nitrogens with two attached hydrogens (primary N) is 2. The van der Waals surface area contributed by atoms with Gasteiger partial charge in [-0.3, -0.25) is 0 Å². The average Bonchev–Trinajstić information content (AvgIpc) is 2.88. The molecule has 1 unspecified atom stereocenters. The lowest BCUT2D eigenvalue weighted by molar-refractivity contribution is 0.317. The predicted molar refractivity (Wildman–Crippen MR) is 141 cm³/mol. The second kappa shape index (κ2) is 10.2. The molecule has 6 nitrogen and oxygen atoms in total. The summed E-state index contributed by atoms with van der Waals surface area (Å²) in [5.41, 5.74) is 11.0. The number of amidine groups is 1. The minimum atomic E-state index is -0.457. The van der Waals surface area contributed by atoms with Gasteiger partial charge in [0.05, 0.1) is 19.2 Å². The normalized spacial score (nSPS) is 18.0. The van der Waals surface area contributed by atoms with Gasteiger partial charge in [0.15, 0.2) is 0 Å². The molecule has 1 heterocycles. The van der Waals surface area contributed by atoms with Gasteiger partial charge >= 0.3 is 0 Å². The second-order valence-corrected chi connectivity index (χ2v) is 8.71. The SMILES string of the molecule is CCN(N)/N=C(N)/C=C/c1ccc(C2(C)c3ccc(OC)cc3CCN2c2ccc(F)cc2)cc1. The van der Waals surface area contributed by atoms with Crippen LogP contribution in [-0.2, 0) is 12.0 Å². The van der Waals surface area contributed by atoms with Crippen molar-refractivity contribution in [3.8, 4) is 5.75 Å². The fourth-order valence-electron chi connectivity index (χ4n) is 4.65. The van der Waals surface area contributed by atoms with E-state index in [1.165, 1.54) is 28.4 Å². The molecule has 1 atom stereocenters. The van der Waals surface area contributed by atoms with Crippen LogP contribution in [0.15, 0.2) is 77.9 Å². The van der Waals surface area contributed by atoms with Gasteiger partial charge in [-0.05, 0) is 85.0 Å². The molecule has 0 fully saturated rings. The van der Waals surface area contributed by atoms with Gasteiger partial charge in [-0.15, -0.1) is 5.10 Å². The van der Waals surface area contributed by atoms with Crippen LogP contribution in [0.1, 0.15) is 36.1 Å². The van der Waals surface area contributed by atoms with E-state index in [0.717, 1.165) is 35.5 Å². The largest absolute Gasteiger partial charge is 0.497 e. The van der Waals surface area contributed by atoms with E-state index in [1.807, 2.05) is 31.2 Å². The first kappa shape index (κ1) is 24.3. The third-order valence-electron chi connectivity index (χ3n) is 6.61. The van der Waals surface area contributed by atoms with E-state index < -0.39 is 5.54 Å². The molecule has 0 spiro atoms. The number of benzene rings is 3. The Labute approximate surface area is 206 Å². The van der Waals surface area contributed by atoms with Crippen LogP contribution in [0.25, 0.3) is 6.08 Å². The first-order valence-electron chi connectivity index (χ1n) is 11.7. The van der Waals surface area contributed by atoms with Crippen LogP contribution in [0.2, 0.25) is 0 Å². The molecule has 0 amide bonds. The number of fused-ring (bicyclic) bond motifs is 1. The molecular weight excluding hydrogens is 441 g/mol. The van der Waals surface area contributed by atoms with Gasteiger partial charge < -0.3 is 15.4 Å². The molecule has 0 bridgehead atoms. The summed E-state index contributed by atoms with van der Waals surface area (Å²) in [6.07, 6.45) is 4.51. The molecule has 182 valence electrons. The zero-order chi connectivity index (χ0) is 25.0. The average molecular weight is 474 g/mol. The van der Waals surface area contributed by atoms with Crippen LogP contribution in [0, 0.1) is 5.82 Å². The molecule has 4 rings (SSSR count). The van der Waals surface area contributed by atoms with Gasteiger partial charge in [-0.25, -0.2) is 15.4 Å². The van der Waals surface area contributed by atoms with Crippen LogP contribution >= 0.6 is 0 Å². The summed E-state index contributed by atoms with van der Waals surface area (Å²) in [6, 6.07) is 21.4. The Kier molecular flexibility index (Phi) is 7.07. The highest BCUT2D eigenvalue weighted by Gasteiger charge is 2.40. The number of hydrazone groups is 1. The number of rotatable bonds is 7. The molecule has 4 N–H and O–H groups in total. The van der Waals surface area contributed by atoms with E-state index in [9.17, 15) is 4.39 Å². The van der Waals surface area contributed by atoms with Crippen molar-refractivity contribution in [2.45, 2.75) is 25.8 Å². The number of halogens is 1. The van der Waals surface area contributed by atoms with Crippen molar-refractivity contribution in [1.29, 1.82) is 0 Å². The van der Waals surface area contributed by atoms with Crippen molar-refractivity contribution in [3.63, 3.8) is 0 Å². The van der Waals surface area contributed by atoms with Crippen molar-refractivity contribution in [1.82, 2.24) is 5.12 Å². The summed E-state index contributed by atoms with van der Waals surface area (Å²) in [4.78, 5) is 2.34. The first-order chi connectivity index (χ1) is 16.8. The molecule has 7 heteroatoms. The van der Waals surface area contributed by atoms with E-state index in [0.29, 0.717) is 12.4 Å². The lowest BCUT2D eigenvalue weighted by Crippen LogP contribution is -2.49. The van der Waals surface area contributed by atoms with Gasteiger partial charge in [-0.2, -0.15) is 0 Å².